The van der Waals surface area contributed by atoms with Crippen LogP contribution in [0.2, 0.25) is 5.02 Å². The minimum atomic E-state index is -0.373. The second-order valence-electron chi connectivity index (χ2n) is 10.1. The number of hydrogen-bond acceptors (Lipinski definition) is 7. The molecule has 198 valence electrons. The van der Waals surface area contributed by atoms with Gasteiger partial charge >= 0.3 is 5.97 Å². The number of carbonyl (C=O) groups is 2. The third-order valence-electron chi connectivity index (χ3n) is 7.44. The molecule has 1 saturated carbocycles. The Balaban J connectivity index is 2.26. The number of rotatable bonds is 9. The first kappa shape index (κ1) is 29.6. The fourth-order valence-electron chi connectivity index (χ4n) is 4.56. The Morgan fingerprint density at radius 1 is 1.33 bits per heavy atom. The second kappa shape index (κ2) is 12.5. The average Bonchev–Trinajstić information content (AvgIpc) is 2.82. The Labute approximate surface area is 219 Å². The van der Waals surface area contributed by atoms with Gasteiger partial charge in [0.2, 0.25) is 0 Å². The number of benzene rings is 1. The molecule has 1 aliphatic carbocycles. The highest BCUT2D eigenvalue weighted by atomic mass is 35.5. The molecule has 0 amide bonds. The molecule has 0 heterocycles. The molecule has 0 radical (unpaired) electrons. The molecule has 8 heteroatoms. The summed E-state index contributed by atoms with van der Waals surface area (Å²) in [6.07, 6.45) is 8.92. The molecular formula is C28H39ClN2O5. The summed E-state index contributed by atoms with van der Waals surface area (Å²) in [6, 6.07) is 0. The molecule has 1 aromatic rings. The highest BCUT2D eigenvalue weighted by Crippen LogP contribution is 2.45. The van der Waals surface area contributed by atoms with E-state index < -0.39 is 0 Å². The van der Waals surface area contributed by atoms with Gasteiger partial charge in [-0.1, -0.05) is 61.3 Å². The third-order valence-corrected chi connectivity index (χ3v) is 7.90. The van der Waals surface area contributed by atoms with Crippen LogP contribution in [0.4, 0.5) is 0 Å². The number of phenols is 1. The van der Waals surface area contributed by atoms with Crippen LogP contribution in [0.25, 0.3) is 0 Å². The van der Waals surface area contributed by atoms with E-state index in [0.29, 0.717) is 40.5 Å². The van der Waals surface area contributed by atoms with Crippen LogP contribution in [-0.4, -0.2) is 55.7 Å². The van der Waals surface area contributed by atoms with Crippen LogP contribution in [0, 0.1) is 24.2 Å². The van der Waals surface area contributed by atoms with Gasteiger partial charge in [0.05, 0.1) is 30.0 Å². The Morgan fingerprint density at radius 2 is 2.00 bits per heavy atom. The summed E-state index contributed by atoms with van der Waals surface area (Å²) in [6.45, 7) is 10.4. The molecule has 2 rings (SSSR count). The molecule has 0 unspecified atom stereocenters. The first-order valence-corrected chi connectivity index (χ1v) is 12.5. The molecule has 0 saturated heterocycles. The predicted octanol–water partition coefficient (Wildman–Crippen LogP) is 5.75. The number of phenolic OH excluding ortho intramolecular Hbond substituents is 1. The number of carbonyl (C=O) groups excluding carboxylic acids is 2. The number of allylic oxidation sites excluding steroid dienone is 4. The Kier molecular flexibility index (Phi) is 10.3. The van der Waals surface area contributed by atoms with Crippen LogP contribution in [0.15, 0.2) is 29.0 Å². The van der Waals surface area contributed by atoms with Crippen molar-refractivity contribution in [2.75, 3.05) is 27.7 Å². The van der Waals surface area contributed by atoms with Crippen molar-refractivity contribution in [1.82, 2.24) is 4.90 Å². The number of aromatic hydroxyl groups is 1. The summed E-state index contributed by atoms with van der Waals surface area (Å²) in [4.78, 5) is 30.4. The smallest absolute Gasteiger partial charge is 0.348 e. The Hall–Kier alpha value is -2.64. The van der Waals surface area contributed by atoms with Gasteiger partial charge in [-0.15, -0.1) is 0 Å². The number of methoxy groups -OCH3 is 1. The van der Waals surface area contributed by atoms with Crippen LogP contribution in [0.5, 0.6) is 11.5 Å². The van der Waals surface area contributed by atoms with Gasteiger partial charge in [-0.25, -0.2) is 4.79 Å². The second-order valence-corrected chi connectivity index (χ2v) is 10.5. The lowest BCUT2D eigenvalue weighted by atomic mass is 9.61. The van der Waals surface area contributed by atoms with Gasteiger partial charge in [0.15, 0.2) is 6.29 Å². The normalized spacial score (nSPS) is 23.9. The third kappa shape index (κ3) is 6.56. The van der Waals surface area contributed by atoms with E-state index in [1.807, 2.05) is 27.1 Å². The fourth-order valence-corrected chi connectivity index (χ4v) is 4.86. The summed E-state index contributed by atoms with van der Waals surface area (Å²) in [5, 5.41) is 15.2. The van der Waals surface area contributed by atoms with Crippen molar-refractivity contribution in [3.05, 3.63) is 45.5 Å². The number of nitrogens with zero attached hydrogens (tertiary/aromatic N) is 2. The van der Waals surface area contributed by atoms with Gasteiger partial charge < -0.3 is 14.7 Å². The summed E-state index contributed by atoms with van der Waals surface area (Å²) in [7, 11) is 5.11. The maximum Gasteiger partial charge on any atom is 0.348 e. The molecule has 1 fully saturated rings. The molecule has 0 bridgehead atoms. The molecule has 36 heavy (non-hydrogen) atoms. The highest BCUT2D eigenvalue weighted by Gasteiger charge is 2.41. The molecule has 0 spiro atoms. The van der Waals surface area contributed by atoms with Crippen molar-refractivity contribution in [2.24, 2.45) is 22.4 Å². The topological polar surface area (TPSA) is 88.4 Å². The molecule has 0 aromatic heterocycles. The monoisotopic (exact) mass is 518 g/mol. The van der Waals surface area contributed by atoms with E-state index in [-0.39, 0.29) is 35.2 Å². The molecule has 3 atom stereocenters. The van der Waals surface area contributed by atoms with E-state index >= 15 is 0 Å². The van der Waals surface area contributed by atoms with Gasteiger partial charge in [0.1, 0.15) is 11.5 Å². The Morgan fingerprint density at radius 3 is 2.58 bits per heavy atom. The van der Waals surface area contributed by atoms with E-state index in [1.165, 1.54) is 7.11 Å². The largest absolute Gasteiger partial charge is 0.507 e. The number of halogens is 1. The maximum absolute atomic E-state index is 11.9. The quantitative estimate of drug-likeness (QED) is 0.194. The van der Waals surface area contributed by atoms with Crippen LogP contribution >= 0.6 is 11.6 Å². The van der Waals surface area contributed by atoms with Crippen LogP contribution in [-0.2, 0) is 16.1 Å². The zero-order valence-corrected chi connectivity index (χ0v) is 23.4. The first-order chi connectivity index (χ1) is 16.9. The average molecular weight is 519 g/mol. The van der Waals surface area contributed by atoms with E-state index in [0.717, 1.165) is 24.1 Å². The van der Waals surface area contributed by atoms with Crippen LogP contribution in [0.3, 0.4) is 0 Å². The minimum Gasteiger partial charge on any atom is -0.507 e. The zero-order chi connectivity index (χ0) is 27.2. The number of ether oxygens (including phenoxy) is 1. The first-order valence-electron chi connectivity index (χ1n) is 12.2. The van der Waals surface area contributed by atoms with Gasteiger partial charge in [-0.3, -0.25) is 9.69 Å². The lowest BCUT2D eigenvalue weighted by Crippen LogP contribution is -2.40. The van der Waals surface area contributed by atoms with Gasteiger partial charge in [-0.2, -0.15) is 0 Å². The van der Waals surface area contributed by atoms with Crippen molar-refractivity contribution >= 4 is 29.6 Å². The SMILES string of the molecule is COc1c(Cl)c(C)c(C=O)c(O)c1C/C=C(C)/C=C/[C@@]1(C)[C@H](C)CCC(=NOC(=O)CN(C)C)[C@@H]1C. The van der Waals surface area contributed by atoms with Crippen LogP contribution in [0.1, 0.15) is 62.0 Å². The molecular weight excluding hydrogens is 480 g/mol. The van der Waals surface area contributed by atoms with Crippen molar-refractivity contribution in [3.63, 3.8) is 0 Å². The highest BCUT2D eigenvalue weighted by molar-refractivity contribution is 6.33. The Bertz CT molecular complexity index is 1080. The minimum absolute atomic E-state index is 0.0904. The van der Waals surface area contributed by atoms with Gasteiger partial charge in [-0.05, 0) is 64.1 Å². The standard InChI is InChI=1S/C28H39ClN2O5/c1-17(9-11-21-26(34)22(16-32)19(3)25(29)27(21)35-8)13-14-28(5)18(2)10-12-23(20(28)4)30-36-24(33)15-31(6)7/h9,13-14,16,18,20,34H,10-12,15H2,1-8H3/b14-13+,17-9+,30-23?/t18-,20+,28+/m1/s1. The van der Waals surface area contributed by atoms with Crippen molar-refractivity contribution in [1.29, 1.82) is 0 Å². The predicted molar refractivity (Wildman–Crippen MR) is 144 cm³/mol. The molecule has 7 nitrogen and oxygen atoms in total. The van der Waals surface area contributed by atoms with Crippen molar-refractivity contribution < 1.29 is 24.3 Å². The van der Waals surface area contributed by atoms with Gasteiger partial charge in [0, 0.05) is 11.5 Å². The number of hydrogen-bond donors (Lipinski definition) is 1. The zero-order valence-electron chi connectivity index (χ0n) is 22.6. The maximum atomic E-state index is 11.9. The molecule has 1 N–H and O–H groups in total. The summed E-state index contributed by atoms with van der Waals surface area (Å²) < 4.78 is 5.43. The summed E-state index contributed by atoms with van der Waals surface area (Å²) in [5.74, 6) is 0.386. The van der Waals surface area contributed by atoms with E-state index in [1.54, 1.807) is 11.8 Å². The lowest BCUT2D eigenvalue weighted by molar-refractivity contribution is -0.144. The van der Waals surface area contributed by atoms with E-state index in [9.17, 15) is 14.7 Å². The van der Waals surface area contributed by atoms with E-state index in [4.69, 9.17) is 21.2 Å². The number of aldehydes is 1. The van der Waals surface area contributed by atoms with Crippen molar-refractivity contribution in [3.8, 4) is 11.5 Å². The van der Waals surface area contributed by atoms with Crippen LogP contribution < -0.4 is 4.74 Å². The molecule has 1 aromatic carbocycles. The summed E-state index contributed by atoms with van der Waals surface area (Å²) in [5.41, 5.74) is 2.83. The van der Waals surface area contributed by atoms with Gasteiger partial charge in [0.25, 0.3) is 0 Å². The number of likely N-dealkylation sites (N-methyl/N-ethyl adjacent to an activating group) is 1. The van der Waals surface area contributed by atoms with Crippen molar-refractivity contribution in [2.45, 2.75) is 53.9 Å². The fraction of sp³-hybridized carbons (Fsp3) is 0.536. The number of oxime groups is 1. The lowest BCUT2D eigenvalue weighted by Gasteiger charge is -2.43. The van der Waals surface area contributed by atoms with E-state index in [2.05, 4.69) is 38.1 Å². The molecule has 1 aliphatic rings. The summed E-state index contributed by atoms with van der Waals surface area (Å²) >= 11 is 6.39. The molecule has 0 aliphatic heterocycles.